The summed E-state index contributed by atoms with van der Waals surface area (Å²) in [6, 6.07) is 12.5. The zero-order chi connectivity index (χ0) is 14.0. The molecule has 0 heterocycles. The first kappa shape index (κ1) is 14.4. The lowest BCUT2D eigenvalue weighted by Crippen LogP contribution is -2.05. The lowest BCUT2D eigenvalue weighted by Gasteiger charge is -2.11. The van der Waals surface area contributed by atoms with Gasteiger partial charge in [-0.1, -0.05) is 41.6 Å². The number of halogens is 1. The fourth-order valence-electron chi connectivity index (χ4n) is 1.88. The molecule has 1 atom stereocenters. The minimum absolute atomic E-state index is 0.0349. The van der Waals surface area contributed by atoms with Crippen molar-refractivity contribution in [1.29, 1.82) is 0 Å². The normalized spacial score (nSPS) is 12.5. The Bertz CT molecular complexity index is 593. The summed E-state index contributed by atoms with van der Waals surface area (Å²) < 4.78 is 0. The second-order valence-corrected chi connectivity index (χ2v) is 6.37. The molecule has 19 heavy (non-hydrogen) atoms. The van der Waals surface area contributed by atoms with Gasteiger partial charge in [0.05, 0.1) is 0 Å². The minimum atomic E-state index is -0.0349. The fourth-order valence-corrected chi connectivity index (χ4v) is 3.34. The van der Waals surface area contributed by atoms with Crippen LogP contribution in [0.25, 0.3) is 0 Å². The molecule has 0 aliphatic carbocycles. The number of benzene rings is 2. The van der Waals surface area contributed by atoms with Gasteiger partial charge in [-0.25, -0.2) is 0 Å². The van der Waals surface area contributed by atoms with Gasteiger partial charge in [0, 0.05) is 20.9 Å². The van der Waals surface area contributed by atoms with Gasteiger partial charge in [-0.15, -0.1) is 0 Å². The molecule has 2 aromatic rings. The fraction of sp³-hybridized carbons (Fsp3) is 0.250. The molecule has 0 bridgehead atoms. The summed E-state index contributed by atoms with van der Waals surface area (Å²) in [5.74, 6) is 0. The third-order valence-corrected chi connectivity index (χ3v) is 4.51. The zero-order valence-corrected chi connectivity index (χ0v) is 13.0. The molecule has 1 unspecified atom stereocenters. The summed E-state index contributed by atoms with van der Waals surface area (Å²) in [4.78, 5) is 2.41. The minimum Gasteiger partial charge on any atom is -0.324 e. The molecule has 1 nitrogen and oxygen atoms in total. The van der Waals surface area contributed by atoms with Gasteiger partial charge < -0.3 is 5.73 Å². The van der Waals surface area contributed by atoms with Crippen molar-refractivity contribution in [3.63, 3.8) is 0 Å². The second-order valence-electron chi connectivity index (χ2n) is 4.84. The van der Waals surface area contributed by atoms with Crippen LogP contribution in [0.3, 0.4) is 0 Å². The molecular formula is C16H18ClNS. The highest BCUT2D eigenvalue weighted by Gasteiger charge is 2.08. The lowest BCUT2D eigenvalue weighted by atomic mass is 10.1. The van der Waals surface area contributed by atoms with Crippen LogP contribution in [-0.2, 0) is 0 Å². The summed E-state index contributed by atoms with van der Waals surface area (Å²) in [6.45, 7) is 6.17. The summed E-state index contributed by atoms with van der Waals surface area (Å²) >= 11 is 8.01. The van der Waals surface area contributed by atoms with Crippen LogP contribution in [0.2, 0.25) is 5.02 Å². The monoisotopic (exact) mass is 291 g/mol. The molecule has 0 saturated carbocycles. The van der Waals surface area contributed by atoms with Crippen LogP contribution in [0.5, 0.6) is 0 Å². The molecule has 0 aliphatic heterocycles. The van der Waals surface area contributed by atoms with Crippen molar-refractivity contribution in [1.82, 2.24) is 0 Å². The molecular weight excluding hydrogens is 274 g/mol. The maximum absolute atomic E-state index is 6.27. The van der Waals surface area contributed by atoms with Gasteiger partial charge in [0.1, 0.15) is 0 Å². The average molecular weight is 292 g/mol. The van der Waals surface area contributed by atoms with E-state index < -0.39 is 0 Å². The largest absolute Gasteiger partial charge is 0.324 e. The molecule has 0 aromatic heterocycles. The van der Waals surface area contributed by atoms with E-state index in [0.29, 0.717) is 0 Å². The number of hydrogen-bond donors (Lipinski definition) is 1. The molecule has 2 N–H and O–H groups in total. The first-order chi connectivity index (χ1) is 8.97. The van der Waals surface area contributed by atoms with E-state index in [-0.39, 0.29) is 6.04 Å². The van der Waals surface area contributed by atoms with E-state index in [1.165, 1.54) is 16.0 Å². The summed E-state index contributed by atoms with van der Waals surface area (Å²) in [7, 11) is 0. The van der Waals surface area contributed by atoms with Crippen molar-refractivity contribution in [3.05, 3.63) is 58.1 Å². The predicted molar refractivity (Wildman–Crippen MR) is 84.1 cm³/mol. The van der Waals surface area contributed by atoms with Crippen molar-refractivity contribution in [2.24, 2.45) is 5.73 Å². The Morgan fingerprint density at radius 1 is 1.11 bits per heavy atom. The second kappa shape index (κ2) is 6.00. The molecule has 0 spiro atoms. The molecule has 3 heteroatoms. The van der Waals surface area contributed by atoms with E-state index in [4.69, 9.17) is 17.3 Å². The maximum Gasteiger partial charge on any atom is 0.0464 e. The highest BCUT2D eigenvalue weighted by Crippen LogP contribution is 2.34. The van der Waals surface area contributed by atoms with Crippen LogP contribution < -0.4 is 5.73 Å². The molecule has 0 saturated heterocycles. The average Bonchev–Trinajstić information content (AvgIpc) is 2.33. The third-order valence-electron chi connectivity index (χ3n) is 3.03. The number of aryl methyl sites for hydroxylation is 2. The van der Waals surface area contributed by atoms with Crippen molar-refractivity contribution in [3.8, 4) is 0 Å². The lowest BCUT2D eigenvalue weighted by molar-refractivity contribution is 0.817. The van der Waals surface area contributed by atoms with Crippen LogP contribution >= 0.6 is 23.4 Å². The van der Waals surface area contributed by atoms with Gasteiger partial charge in [-0.05, 0) is 55.7 Å². The molecule has 0 aliphatic rings. The first-order valence-electron chi connectivity index (χ1n) is 6.27. The Labute approximate surface area is 124 Å². The third kappa shape index (κ3) is 3.53. The van der Waals surface area contributed by atoms with Gasteiger partial charge >= 0.3 is 0 Å². The van der Waals surface area contributed by atoms with Crippen molar-refractivity contribution in [2.75, 3.05) is 0 Å². The first-order valence-corrected chi connectivity index (χ1v) is 7.47. The predicted octanol–water partition coefficient (Wildman–Crippen LogP) is 5.13. The Morgan fingerprint density at radius 2 is 1.84 bits per heavy atom. The summed E-state index contributed by atoms with van der Waals surface area (Å²) in [5, 5.41) is 0.741. The Morgan fingerprint density at radius 3 is 2.47 bits per heavy atom. The molecule has 0 radical (unpaired) electrons. The van der Waals surface area contributed by atoms with Crippen LogP contribution in [-0.4, -0.2) is 0 Å². The molecule has 2 rings (SSSR count). The highest BCUT2D eigenvalue weighted by molar-refractivity contribution is 7.99. The molecule has 0 fully saturated rings. The summed E-state index contributed by atoms with van der Waals surface area (Å²) in [5.41, 5.74) is 9.41. The standard InChI is InChI=1S/C16H18ClNS/c1-10-4-5-11(2)16(8-10)19-13-6-7-14(12(3)18)15(17)9-13/h4-9,12H,18H2,1-3H3. The Hall–Kier alpha value is -0.960. The van der Waals surface area contributed by atoms with E-state index in [9.17, 15) is 0 Å². The number of nitrogens with two attached hydrogens (primary N) is 1. The van der Waals surface area contributed by atoms with E-state index in [2.05, 4.69) is 38.1 Å². The Balaban J connectivity index is 2.29. The van der Waals surface area contributed by atoms with E-state index in [1.54, 1.807) is 11.8 Å². The van der Waals surface area contributed by atoms with Gasteiger partial charge in [0.2, 0.25) is 0 Å². The van der Waals surface area contributed by atoms with Gasteiger partial charge in [0.15, 0.2) is 0 Å². The Kier molecular flexibility index (Phi) is 4.56. The van der Waals surface area contributed by atoms with Crippen molar-refractivity contribution < 1.29 is 0 Å². The maximum atomic E-state index is 6.27. The van der Waals surface area contributed by atoms with E-state index >= 15 is 0 Å². The van der Waals surface area contributed by atoms with Crippen molar-refractivity contribution >= 4 is 23.4 Å². The van der Waals surface area contributed by atoms with Crippen LogP contribution in [0.1, 0.15) is 29.7 Å². The van der Waals surface area contributed by atoms with Gasteiger partial charge in [-0.2, -0.15) is 0 Å². The van der Waals surface area contributed by atoms with Crippen molar-refractivity contribution in [2.45, 2.75) is 36.6 Å². The smallest absolute Gasteiger partial charge is 0.0464 e. The highest BCUT2D eigenvalue weighted by atomic mass is 35.5. The van der Waals surface area contributed by atoms with Gasteiger partial charge in [0.25, 0.3) is 0 Å². The van der Waals surface area contributed by atoms with Crippen LogP contribution in [0, 0.1) is 13.8 Å². The number of rotatable bonds is 3. The summed E-state index contributed by atoms with van der Waals surface area (Å²) in [6.07, 6.45) is 0. The SMILES string of the molecule is Cc1ccc(C)c(Sc2ccc(C(C)N)c(Cl)c2)c1. The van der Waals surface area contributed by atoms with Gasteiger partial charge in [-0.3, -0.25) is 0 Å². The van der Waals surface area contributed by atoms with E-state index in [0.717, 1.165) is 15.5 Å². The number of hydrogen-bond acceptors (Lipinski definition) is 2. The van der Waals surface area contributed by atoms with Crippen LogP contribution in [0.15, 0.2) is 46.2 Å². The van der Waals surface area contributed by atoms with Crippen LogP contribution in [0.4, 0.5) is 0 Å². The molecule has 0 amide bonds. The quantitative estimate of drug-likeness (QED) is 0.848. The molecule has 2 aromatic carbocycles. The molecule has 100 valence electrons. The topological polar surface area (TPSA) is 26.0 Å². The van der Waals surface area contributed by atoms with E-state index in [1.807, 2.05) is 19.1 Å². The zero-order valence-electron chi connectivity index (χ0n) is 11.4.